The summed E-state index contributed by atoms with van der Waals surface area (Å²) in [6.07, 6.45) is 0. The van der Waals surface area contributed by atoms with E-state index in [0.717, 1.165) is 0 Å². The third-order valence-electron chi connectivity index (χ3n) is 2.97. The van der Waals surface area contributed by atoms with Crippen molar-refractivity contribution < 1.29 is 14.4 Å². The fraction of sp³-hybridized carbons (Fsp3) is 0.0667. The van der Waals surface area contributed by atoms with Gasteiger partial charge in [0.2, 0.25) is 0 Å². The van der Waals surface area contributed by atoms with E-state index in [0.29, 0.717) is 22.4 Å². The molecule has 0 unspecified atom stereocenters. The molecule has 0 heterocycles. The Morgan fingerprint density at radius 3 is 2.38 bits per heavy atom. The molecule has 0 bridgehead atoms. The van der Waals surface area contributed by atoms with Crippen molar-refractivity contribution in [2.24, 2.45) is 10.9 Å². The first-order chi connectivity index (χ1) is 10.0. The van der Waals surface area contributed by atoms with Gasteiger partial charge in [-0.2, -0.15) is 0 Å². The van der Waals surface area contributed by atoms with Gasteiger partial charge in [-0.3, -0.25) is 4.79 Å². The van der Waals surface area contributed by atoms with E-state index in [1.165, 1.54) is 12.1 Å². The van der Waals surface area contributed by atoms with E-state index in [4.69, 9.17) is 10.9 Å². The average molecular weight is 287 g/mol. The van der Waals surface area contributed by atoms with Crippen LogP contribution in [0.3, 0.4) is 0 Å². The van der Waals surface area contributed by atoms with Crippen LogP contribution in [0, 0.1) is 12.7 Å². The van der Waals surface area contributed by atoms with Gasteiger partial charge in [-0.25, -0.2) is 4.39 Å². The smallest absolute Gasteiger partial charge is 0.255 e. The molecule has 0 saturated carbocycles. The number of carbonyl (C=O) groups is 1. The molecule has 0 aromatic heterocycles. The van der Waals surface area contributed by atoms with Gasteiger partial charge in [0.15, 0.2) is 5.84 Å². The van der Waals surface area contributed by atoms with Crippen molar-refractivity contribution in [3.63, 3.8) is 0 Å². The Morgan fingerprint density at radius 1 is 1.19 bits per heavy atom. The number of hydrogen-bond acceptors (Lipinski definition) is 3. The Balaban J connectivity index is 2.14. The molecule has 0 spiro atoms. The van der Waals surface area contributed by atoms with E-state index in [9.17, 15) is 9.18 Å². The Bertz CT molecular complexity index is 697. The number of nitrogens with one attached hydrogen (secondary N) is 1. The van der Waals surface area contributed by atoms with Gasteiger partial charge in [0, 0.05) is 16.8 Å². The van der Waals surface area contributed by atoms with Gasteiger partial charge in [-0.05, 0) is 42.8 Å². The van der Waals surface area contributed by atoms with Gasteiger partial charge in [0.25, 0.3) is 5.91 Å². The van der Waals surface area contributed by atoms with E-state index in [2.05, 4.69) is 10.5 Å². The molecule has 0 aliphatic rings. The van der Waals surface area contributed by atoms with Crippen molar-refractivity contribution in [1.82, 2.24) is 0 Å². The molecule has 108 valence electrons. The van der Waals surface area contributed by atoms with Crippen LogP contribution in [0.15, 0.2) is 47.6 Å². The highest BCUT2D eigenvalue weighted by atomic mass is 19.1. The van der Waals surface area contributed by atoms with Crippen LogP contribution in [0.5, 0.6) is 0 Å². The predicted molar refractivity (Wildman–Crippen MR) is 78.0 cm³/mol. The maximum Gasteiger partial charge on any atom is 0.255 e. The second-order valence-electron chi connectivity index (χ2n) is 4.48. The minimum atomic E-state index is -0.327. The van der Waals surface area contributed by atoms with Gasteiger partial charge in [0.1, 0.15) is 5.82 Å². The molecule has 2 aromatic rings. The summed E-state index contributed by atoms with van der Waals surface area (Å²) >= 11 is 0. The van der Waals surface area contributed by atoms with Crippen LogP contribution in [-0.4, -0.2) is 17.0 Å². The lowest BCUT2D eigenvalue weighted by Gasteiger charge is -2.07. The molecular formula is C15H14FN3O2. The minimum absolute atomic E-state index is 0.0314. The summed E-state index contributed by atoms with van der Waals surface area (Å²) in [5.41, 5.74) is 7.32. The third-order valence-corrected chi connectivity index (χ3v) is 2.97. The van der Waals surface area contributed by atoms with E-state index in [-0.39, 0.29) is 17.6 Å². The lowest BCUT2D eigenvalue weighted by molar-refractivity contribution is 0.102. The number of rotatable bonds is 3. The normalized spacial score (nSPS) is 11.2. The van der Waals surface area contributed by atoms with Crippen molar-refractivity contribution in [3.8, 4) is 0 Å². The largest absolute Gasteiger partial charge is 0.409 e. The molecule has 5 nitrogen and oxygen atoms in total. The number of hydrogen-bond donors (Lipinski definition) is 3. The molecule has 21 heavy (non-hydrogen) atoms. The first-order valence-electron chi connectivity index (χ1n) is 6.16. The van der Waals surface area contributed by atoms with Crippen molar-refractivity contribution in [2.75, 3.05) is 5.32 Å². The first-order valence-corrected chi connectivity index (χ1v) is 6.16. The highest BCUT2D eigenvalue weighted by Crippen LogP contribution is 2.15. The molecule has 0 fully saturated rings. The highest BCUT2D eigenvalue weighted by Gasteiger charge is 2.08. The lowest BCUT2D eigenvalue weighted by Crippen LogP contribution is -2.15. The van der Waals surface area contributed by atoms with E-state index in [1.807, 2.05) is 0 Å². The Kier molecular flexibility index (Phi) is 4.18. The molecule has 2 rings (SSSR count). The molecule has 0 aliphatic heterocycles. The summed E-state index contributed by atoms with van der Waals surface area (Å²) < 4.78 is 13.2. The SMILES string of the molecule is Cc1cc(NC(=O)c2ccc(C(N)=NO)cc2)ccc1F. The number of anilines is 1. The molecule has 0 aliphatic carbocycles. The van der Waals surface area contributed by atoms with Crippen molar-refractivity contribution >= 4 is 17.4 Å². The van der Waals surface area contributed by atoms with Gasteiger partial charge < -0.3 is 16.3 Å². The second-order valence-corrected chi connectivity index (χ2v) is 4.48. The van der Waals surface area contributed by atoms with Crippen LogP contribution in [0.4, 0.5) is 10.1 Å². The molecule has 0 radical (unpaired) electrons. The fourth-order valence-electron chi connectivity index (χ4n) is 1.78. The van der Waals surface area contributed by atoms with E-state index >= 15 is 0 Å². The number of carbonyl (C=O) groups excluding carboxylic acids is 1. The lowest BCUT2D eigenvalue weighted by atomic mass is 10.1. The molecule has 4 N–H and O–H groups in total. The number of amidine groups is 1. The zero-order chi connectivity index (χ0) is 15.4. The first kappa shape index (κ1) is 14.5. The predicted octanol–water partition coefficient (Wildman–Crippen LogP) is 2.48. The van der Waals surface area contributed by atoms with E-state index in [1.54, 1.807) is 37.3 Å². The average Bonchev–Trinajstić information content (AvgIpc) is 2.50. The zero-order valence-electron chi connectivity index (χ0n) is 11.3. The third kappa shape index (κ3) is 3.36. The molecule has 6 heteroatoms. The summed E-state index contributed by atoms with van der Waals surface area (Å²) in [7, 11) is 0. The Labute approximate surface area is 120 Å². The van der Waals surface area contributed by atoms with Crippen LogP contribution >= 0.6 is 0 Å². The zero-order valence-corrected chi connectivity index (χ0v) is 11.3. The Morgan fingerprint density at radius 2 is 1.81 bits per heavy atom. The minimum Gasteiger partial charge on any atom is -0.409 e. The van der Waals surface area contributed by atoms with Gasteiger partial charge >= 0.3 is 0 Å². The number of nitrogens with two attached hydrogens (primary N) is 1. The number of aryl methyl sites for hydroxylation is 1. The van der Waals surface area contributed by atoms with Crippen LogP contribution in [0.2, 0.25) is 0 Å². The van der Waals surface area contributed by atoms with Gasteiger partial charge in [0.05, 0.1) is 0 Å². The summed E-state index contributed by atoms with van der Waals surface area (Å²) in [6.45, 7) is 1.62. The quantitative estimate of drug-likeness (QED) is 0.351. The van der Waals surface area contributed by atoms with E-state index < -0.39 is 0 Å². The Hall–Kier alpha value is -2.89. The maximum atomic E-state index is 13.2. The molecule has 0 saturated heterocycles. The van der Waals surface area contributed by atoms with Crippen molar-refractivity contribution in [1.29, 1.82) is 0 Å². The molecule has 0 atom stereocenters. The second kappa shape index (κ2) is 6.04. The number of benzene rings is 2. The van der Waals surface area contributed by atoms with Gasteiger partial charge in [-0.1, -0.05) is 17.3 Å². The summed E-state index contributed by atoms with van der Waals surface area (Å²) in [5.74, 6) is -0.681. The number of nitrogens with zero attached hydrogens (tertiary/aromatic N) is 1. The summed E-state index contributed by atoms with van der Waals surface area (Å²) in [4.78, 5) is 12.0. The monoisotopic (exact) mass is 287 g/mol. The van der Waals surface area contributed by atoms with Crippen molar-refractivity contribution in [3.05, 3.63) is 65.0 Å². The highest BCUT2D eigenvalue weighted by molar-refractivity contribution is 6.05. The van der Waals surface area contributed by atoms with Crippen LogP contribution in [0.25, 0.3) is 0 Å². The number of amides is 1. The molecular weight excluding hydrogens is 273 g/mol. The summed E-state index contributed by atoms with van der Waals surface area (Å²) in [5, 5.41) is 14.1. The summed E-state index contributed by atoms with van der Waals surface area (Å²) in [6, 6.07) is 10.6. The topological polar surface area (TPSA) is 87.7 Å². The van der Waals surface area contributed by atoms with Crippen LogP contribution < -0.4 is 11.1 Å². The molecule has 2 aromatic carbocycles. The van der Waals surface area contributed by atoms with Crippen molar-refractivity contribution in [2.45, 2.75) is 6.92 Å². The van der Waals surface area contributed by atoms with Gasteiger partial charge in [-0.15, -0.1) is 0 Å². The standard InChI is InChI=1S/C15H14FN3O2/c1-9-8-12(6-7-13(9)16)18-15(20)11-4-2-10(3-5-11)14(17)19-21/h2-8,21H,1H3,(H2,17,19)(H,18,20). The number of halogens is 1. The number of oxime groups is 1. The molecule has 1 amide bonds. The van der Waals surface area contributed by atoms with Crippen LogP contribution in [0.1, 0.15) is 21.5 Å². The van der Waals surface area contributed by atoms with Crippen LogP contribution in [-0.2, 0) is 0 Å². The fourth-order valence-corrected chi connectivity index (χ4v) is 1.78. The maximum absolute atomic E-state index is 13.2.